The van der Waals surface area contributed by atoms with Crippen molar-refractivity contribution >= 4 is 33.3 Å². The summed E-state index contributed by atoms with van der Waals surface area (Å²) in [5.41, 5.74) is 0.892. The number of hydrogen-bond acceptors (Lipinski definition) is 6. The molecule has 3 heterocycles. The van der Waals surface area contributed by atoms with Crippen LogP contribution in [0.3, 0.4) is 0 Å². The van der Waals surface area contributed by atoms with Gasteiger partial charge in [0, 0.05) is 31.2 Å². The van der Waals surface area contributed by atoms with Gasteiger partial charge in [0.25, 0.3) is 5.91 Å². The Morgan fingerprint density at radius 3 is 2.64 bits per heavy atom. The summed E-state index contributed by atoms with van der Waals surface area (Å²) in [6, 6.07) is 12.9. The molecule has 0 unspecified atom stereocenters. The number of unbranched alkanes of at least 4 members (excludes halogenated alkanes) is 1. The Kier molecular flexibility index (Phi) is 6.70. The minimum atomic E-state index is -0.562. The third kappa shape index (κ3) is 4.51. The molecule has 1 N–H and O–H groups in total. The maximum absolute atomic E-state index is 15.8. The highest BCUT2D eigenvalue weighted by Gasteiger charge is 2.31. The van der Waals surface area contributed by atoms with E-state index >= 15 is 4.39 Å². The summed E-state index contributed by atoms with van der Waals surface area (Å²) in [7, 11) is 4.01. The van der Waals surface area contributed by atoms with E-state index in [4.69, 9.17) is 9.47 Å². The smallest absolute Gasteiger partial charge is 0.256 e. The molecule has 1 aromatic heterocycles. The van der Waals surface area contributed by atoms with Gasteiger partial charge in [-0.2, -0.15) is 0 Å². The number of aromatic nitrogens is 1. The van der Waals surface area contributed by atoms with Crippen LogP contribution in [0.2, 0.25) is 0 Å². The average Bonchev–Trinajstić information content (AvgIpc) is 2.94. The monoisotopic (exact) mass is 530 g/mol. The quantitative estimate of drug-likeness (QED) is 0.317. The van der Waals surface area contributed by atoms with Crippen LogP contribution in [0.1, 0.15) is 23.2 Å². The van der Waals surface area contributed by atoms with Crippen molar-refractivity contribution in [3.05, 3.63) is 70.3 Å². The number of pyridine rings is 1. The summed E-state index contributed by atoms with van der Waals surface area (Å²) in [6.45, 7) is 3.30. The van der Waals surface area contributed by atoms with Crippen molar-refractivity contribution in [3.63, 3.8) is 0 Å². The van der Waals surface area contributed by atoms with Crippen LogP contribution in [0, 0.1) is 5.82 Å². The molecule has 1 saturated heterocycles. The van der Waals surface area contributed by atoms with Gasteiger partial charge in [-0.05, 0) is 51.0 Å². The zero-order valence-electron chi connectivity index (χ0n) is 22.1. The third-order valence-corrected chi connectivity index (χ3v) is 7.38. The maximum Gasteiger partial charge on any atom is 0.256 e. The van der Waals surface area contributed by atoms with Crippen molar-refractivity contribution in [2.75, 3.05) is 58.4 Å². The normalized spacial score (nSPS) is 14.5. The van der Waals surface area contributed by atoms with Gasteiger partial charge in [-0.15, -0.1) is 0 Å². The van der Waals surface area contributed by atoms with Crippen LogP contribution in [0.5, 0.6) is 11.5 Å². The molecule has 0 aliphatic carbocycles. The molecule has 0 saturated carbocycles. The summed E-state index contributed by atoms with van der Waals surface area (Å²) in [4.78, 5) is 30.8. The summed E-state index contributed by atoms with van der Waals surface area (Å²) < 4.78 is 29.6. The zero-order valence-corrected chi connectivity index (χ0v) is 22.1. The summed E-state index contributed by atoms with van der Waals surface area (Å²) in [5.74, 6) is -0.194. The first-order chi connectivity index (χ1) is 18.9. The Morgan fingerprint density at radius 1 is 1.05 bits per heavy atom. The second-order valence-corrected chi connectivity index (χ2v) is 10.3. The second kappa shape index (κ2) is 10.3. The lowest BCUT2D eigenvalue weighted by molar-refractivity contribution is 0.0951. The van der Waals surface area contributed by atoms with E-state index in [1.54, 1.807) is 6.20 Å². The number of nitrogens with zero attached hydrogens (tertiary/aromatic N) is 3. The molecule has 3 aromatic carbocycles. The van der Waals surface area contributed by atoms with E-state index in [-0.39, 0.29) is 16.7 Å². The minimum absolute atomic E-state index is 0.0272. The average molecular weight is 531 g/mol. The van der Waals surface area contributed by atoms with Crippen LogP contribution in [0.15, 0.2) is 53.5 Å². The van der Waals surface area contributed by atoms with Crippen LogP contribution in [0.4, 0.5) is 10.1 Å². The molecule has 1 fully saturated rings. The Labute approximate surface area is 225 Å². The fourth-order valence-electron chi connectivity index (χ4n) is 5.43. The molecule has 8 nitrogen and oxygen atoms in total. The number of fused-ring (bicyclic) bond motifs is 4. The van der Waals surface area contributed by atoms with Gasteiger partial charge in [-0.25, -0.2) is 4.39 Å². The van der Waals surface area contributed by atoms with Gasteiger partial charge >= 0.3 is 0 Å². The number of halogens is 1. The number of carbonyl (C=O) groups excluding carboxylic acids is 1. The molecule has 0 spiro atoms. The van der Waals surface area contributed by atoms with Crippen LogP contribution < -0.4 is 20.4 Å². The van der Waals surface area contributed by atoms with E-state index in [0.717, 1.165) is 30.2 Å². The fourth-order valence-corrected chi connectivity index (χ4v) is 5.43. The fraction of sp³-hybridized carbons (Fsp3) is 0.333. The molecule has 1 amide bonds. The SMILES string of the molecule is CN(C)CCCCNC(=O)c1cn2c3c(c(N4CCOCC4)c(F)cc3c1=O)Oc1c-2ccc2ccccc12. The van der Waals surface area contributed by atoms with Gasteiger partial charge < -0.3 is 29.2 Å². The van der Waals surface area contributed by atoms with Crippen LogP contribution in [-0.2, 0) is 4.74 Å². The first-order valence-electron chi connectivity index (χ1n) is 13.3. The van der Waals surface area contributed by atoms with Gasteiger partial charge in [0.1, 0.15) is 16.8 Å². The van der Waals surface area contributed by atoms with Crippen LogP contribution >= 0.6 is 0 Å². The summed E-state index contributed by atoms with van der Waals surface area (Å²) in [6.07, 6.45) is 3.28. The van der Waals surface area contributed by atoms with Crippen molar-refractivity contribution in [1.29, 1.82) is 0 Å². The first-order valence-corrected chi connectivity index (χ1v) is 13.3. The van der Waals surface area contributed by atoms with Gasteiger partial charge in [0.15, 0.2) is 17.3 Å². The molecule has 9 heteroatoms. The summed E-state index contributed by atoms with van der Waals surface area (Å²) in [5, 5.41) is 4.81. The van der Waals surface area contributed by atoms with E-state index in [0.29, 0.717) is 55.5 Å². The number of rotatable bonds is 7. The molecule has 6 rings (SSSR count). The number of amides is 1. The highest BCUT2D eigenvalue weighted by molar-refractivity contribution is 6.03. The van der Waals surface area contributed by atoms with Crippen molar-refractivity contribution in [1.82, 2.24) is 14.8 Å². The van der Waals surface area contributed by atoms with Gasteiger partial charge in [-0.1, -0.05) is 30.3 Å². The number of benzene rings is 3. The molecule has 39 heavy (non-hydrogen) atoms. The number of carbonyl (C=O) groups is 1. The molecule has 2 aliphatic heterocycles. The van der Waals surface area contributed by atoms with Crippen molar-refractivity contribution < 1.29 is 18.7 Å². The highest BCUT2D eigenvalue weighted by Crippen LogP contribution is 2.48. The van der Waals surface area contributed by atoms with Crippen molar-refractivity contribution in [2.45, 2.75) is 12.8 Å². The van der Waals surface area contributed by atoms with Crippen molar-refractivity contribution in [2.24, 2.45) is 0 Å². The number of nitrogens with one attached hydrogen (secondary N) is 1. The predicted molar refractivity (Wildman–Crippen MR) is 150 cm³/mol. The number of morpholine rings is 1. The lowest BCUT2D eigenvalue weighted by Crippen LogP contribution is -2.37. The molecule has 202 valence electrons. The lowest BCUT2D eigenvalue weighted by Gasteiger charge is -2.33. The highest BCUT2D eigenvalue weighted by atomic mass is 19.1. The minimum Gasteiger partial charge on any atom is -0.450 e. The van der Waals surface area contributed by atoms with Gasteiger partial charge in [0.05, 0.1) is 24.3 Å². The number of ether oxygens (including phenoxy) is 2. The van der Waals surface area contributed by atoms with E-state index in [2.05, 4.69) is 10.2 Å². The molecule has 0 bridgehead atoms. The predicted octanol–water partition coefficient (Wildman–Crippen LogP) is 4.30. The molecule has 0 radical (unpaired) electrons. The maximum atomic E-state index is 15.8. The van der Waals surface area contributed by atoms with Gasteiger partial charge in [-0.3, -0.25) is 9.59 Å². The van der Waals surface area contributed by atoms with E-state index in [1.807, 2.05) is 60.0 Å². The standard InChI is InChI=1S/C30H31FN4O4/c1-33(2)12-6-5-11-32-30(37)22-18-35-24-10-9-19-7-3-4-8-20(19)28(24)39-29-25(35)21(27(22)36)17-23(31)26(29)34-13-15-38-16-14-34/h3-4,7-10,17-18H,5-6,11-16H2,1-2H3,(H,32,37). The zero-order chi connectivity index (χ0) is 27.1. The molecular formula is C30H31FN4O4. The van der Waals surface area contributed by atoms with Crippen molar-refractivity contribution in [3.8, 4) is 17.2 Å². The number of hydrogen-bond donors (Lipinski definition) is 1. The first kappa shape index (κ1) is 25.3. The molecule has 0 atom stereocenters. The van der Waals surface area contributed by atoms with Crippen LogP contribution in [-0.4, -0.2) is 68.9 Å². The van der Waals surface area contributed by atoms with E-state index < -0.39 is 17.2 Å². The Hall–Kier alpha value is -3.95. The van der Waals surface area contributed by atoms with E-state index in [9.17, 15) is 9.59 Å². The lowest BCUT2D eigenvalue weighted by atomic mass is 10.0. The molecule has 4 aromatic rings. The Bertz CT molecular complexity index is 1640. The topological polar surface area (TPSA) is 76.0 Å². The van der Waals surface area contributed by atoms with Crippen LogP contribution in [0.25, 0.3) is 27.4 Å². The van der Waals surface area contributed by atoms with Gasteiger partial charge in [0.2, 0.25) is 5.43 Å². The van der Waals surface area contributed by atoms with E-state index in [1.165, 1.54) is 6.07 Å². The third-order valence-electron chi connectivity index (χ3n) is 7.38. The largest absolute Gasteiger partial charge is 0.450 e. The second-order valence-electron chi connectivity index (χ2n) is 10.3. The Balaban J connectivity index is 1.52. The number of anilines is 1. The molecular weight excluding hydrogens is 499 g/mol. The Morgan fingerprint density at radius 2 is 1.85 bits per heavy atom. The summed E-state index contributed by atoms with van der Waals surface area (Å²) >= 11 is 0. The molecule has 2 aliphatic rings.